The van der Waals surface area contributed by atoms with E-state index in [0.717, 1.165) is 11.3 Å². The molecule has 2 atom stereocenters. The average molecular weight is 394 g/mol. The van der Waals surface area contributed by atoms with E-state index in [-0.39, 0.29) is 23.7 Å². The summed E-state index contributed by atoms with van der Waals surface area (Å²) in [4.78, 5) is 30.1. The van der Waals surface area contributed by atoms with E-state index in [4.69, 9.17) is 9.47 Å². The fraction of sp³-hybridized carbons (Fsp3) is 0.391. The fourth-order valence-electron chi connectivity index (χ4n) is 4.29. The molecular formula is C23H26N2O4. The summed E-state index contributed by atoms with van der Waals surface area (Å²) in [5.41, 5.74) is 1.62. The molecule has 2 saturated heterocycles. The zero-order valence-electron chi connectivity index (χ0n) is 16.6. The maximum atomic E-state index is 13.4. The van der Waals surface area contributed by atoms with Crippen LogP contribution in [0.4, 0.5) is 0 Å². The van der Waals surface area contributed by atoms with E-state index in [9.17, 15) is 9.59 Å². The first-order valence-electron chi connectivity index (χ1n) is 10.0. The highest BCUT2D eigenvalue weighted by Gasteiger charge is 2.43. The molecule has 0 bridgehead atoms. The van der Waals surface area contributed by atoms with E-state index in [1.807, 2.05) is 59.5 Å². The van der Waals surface area contributed by atoms with Gasteiger partial charge in [0.1, 0.15) is 5.75 Å². The Labute approximate surface area is 171 Å². The van der Waals surface area contributed by atoms with Crippen molar-refractivity contribution in [2.75, 3.05) is 46.5 Å². The Kier molecular flexibility index (Phi) is 5.81. The molecule has 2 aromatic rings. The lowest BCUT2D eigenvalue weighted by molar-refractivity contribution is -0.139. The number of hydrogen-bond donors (Lipinski definition) is 0. The number of carbonyl (C=O) groups excluding carboxylic acids is 2. The molecule has 0 aliphatic carbocycles. The predicted octanol–water partition coefficient (Wildman–Crippen LogP) is 2.41. The predicted molar refractivity (Wildman–Crippen MR) is 109 cm³/mol. The van der Waals surface area contributed by atoms with Crippen molar-refractivity contribution in [3.8, 4) is 5.75 Å². The van der Waals surface area contributed by atoms with Crippen LogP contribution in [0, 0.1) is 5.92 Å². The summed E-state index contributed by atoms with van der Waals surface area (Å²) >= 11 is 0. The number of carbonyl (C=O) groups is 2. The third-order valence-electron chi connectivity index (χ3n) is 5.81. The van der Waals surface area contributed by atoms with E-state index in [1.54, 1.807) is 12.0 Å². The fourth-order valence-corrected chi connectivity index (χ4v) is 4.29. The lowest BCUT2D eigenvalue weighted by atomic mass is 9.87. The quantitative estimate of drug-likeness (QED) is 0.799. The minimum absolute atomic E-state index is 0.0391. The van der Waals surface area contributed by atoms with E-state index in [1.165, 1.54) is 0 Å². The number of nitrogens with zero attached hydrogens (tertiary/aromatic N) is 2. The summed E-state index contributed by atoms with van der Waals surface area (Å²) in [6.07, 6.45) is 0. The molecule has 4 rings (SSSR count). The number of rotatable bonds is 4. The third-order valence-corrected chi connectivity index (χ3v) is 5.81. The molecule has 0 saturated carbocycles. The maximum absolute atomic E-state index is 13.4. The van der Waals surface area contributed by atoms with Gasteiger partial charge in [-0.05, 0) is 23.8 Å². The second-order valence-corrected chi connectivity index (χ2v) is 7.47. The van der Waals surface area contributed by atoms with Gasteiger partial charge in [0, 0.05) is 37.7 Å². The number of benzene rings is 2. The Hall–Kier alpha value is -2.86. The van der Waals surface area contributed by atoms with Crippen molar-refractivity contribution in [1.82, 2.24) is 9.80 Å². The summed E-state index contributed by atoms with van der Waals surface area (Å²) in [6, 6.07) is 17.0. The monoisotopic (exact) mass is 394 g/mol. The van der Waals surface area contributed by atoms with Crippen LogP contribution in [-0.2, 0) is 9.53 Å². The van der Waals surface area contributed by atoms with Crippen LogP contribution in [0.2, 0.25) is 0 Å². The number of morpholine rings is 1. The van der Waals surface area contributed by atoms with Crippen molar-refractivity contribution in [3.05, 3.63) is 65.7 Å². The molecule has 0 unspecified atom stereocenters. The zero-order valence-corrected chi connectivity index (χ0v) is 16.6. The molecule has 2 aromatic carbocycles. The molecule has 2 aliphatic rings. The number of para-hydroxylation sites is 1. The molecule has 152 valence electrons. The minimum atomic E-state index is -0.294. The highest BCUT2D eigenvalue weighted by molar-refractivity contribution is 5.95. The Morgan fingerprint density at radius 3 is 2.34 bits per heavy atom. The summed E-state index contributed by atoms with van der Waals surface area (Å²) in [7, 11) is 1.64. The van der Waals surface area contributed by atoms with Gasteiger partial charge in [-0.2, -0.15) is 0 Å². The standard InChI is InChI=1S/C23H26N2O4/c1-28-21-10-6-5-9-18(21)19-15-25(22(26)17-7-3-2-4-8-17)16-20(19)23(27)24-11-13-29-14-12-24/h2-10,19-20H,11-16H2,1H3/t19-,20+/m0/s1. The Morgan fingerprint density at radius 2 is 1.62 bits per heavy atom. The summed E-state index contributed by atoms with van der Waals surface area (Å²) < 4.78 is 11.0. The van der Waals surface area contributed by atoms with Gasteiger partial charge in [0.2, 0.25) is 5.91 Å². The van der Waals surface area contributed by atoms with Gasteiger partial charge < -0.3 is 19.3 Å². The molecule has 6 heteroatoms. The molecule has 2 amide bonds. The molecule has 29 heavy (non-hydrogen) atoms. The highest BCUT2D eigenvalue weighted by atomic mass is 16.5. The second-order valence-electron chi connectivity index (χ2n) is 7.47. The van der Waals surface area contributed by atoms with Crippen molar-refractivity contribution in [2.45, 2.75) is 5.92 Å². The first-order chi connectivity index (χ1) is 14.2. The largest absolute Gasteiger partial charge is 0.496 e. The first-order valence-corrected chi connectivity index (χ1v) is 10.0. The molecule has 0 spiro atoms. The average Bonchev–Trinajstić information content (AvgIpc) is 3.24. The summed E-state index contributed by atoms with van der Waals surface area (Å²) in [5.74, 6) is 0.410. The summed E-state index contributed by atoms with van der Waals surface area (Å²) in [5, 5.41) is 0. The molecule has 6 nitrogen and oxygen atoms in total. The first kappa shape index (κ1) is 19.5. The van der Waals surface area contributed by atoms with Crippen molar-refractivity contribution < 1.29 is 19.1 Å². The van der Waals surface area contributed by atoms with Crippen LogP contribution in [-0.4, -0.2) is 68.1 Å². The Morgan fingerprint density at radius 1 is 0.931 bits per heavy atom. The van der Waals surface area contributed by atoms with Gasteiger partial charge in [0.25, 0.3) is 5.91 Å². The normalized spacial score (nSPS) is 21.8. The zero-order chi connectivity index (χ0) is 20.2. The van der Waals surface area contributed by atoms with Crippen LogP contribution in [0.15, 0.2) is 54.6 Å². The topological polar surface area (TPSA) is 59.1 Å². The number of methoxy groups -OCH3 is 1. The molecule has 2 fully saturated rings. The molecule has 2 aliphatic heterocycles. The van der Waals surface area contributed by atoms with Gasteiger partial charge in [-0.1, -0.05) is 36.4 Å². The highest BCUT2D eigenvalue weighted by Crippen LogP contribution is 2.39. The summed E-state index contributed by atoms with van der Waals surface area (Å²) in [6.45, 7) is 3.22. The van der Waals surface area contributed by atoms with Crippen molar-refractivity contribution in [3.63, 3.8) is 0 Å². The van der Waals surface area contributed by atoms with Crippen molar-refractivity contribution in [1.29, 1.82) is 0 Å². The Bertz CT molecular complexity index is 864. The van der Waals surface area contributed by atoms with Crippen LogP contribution < -0.4 is 4.74 Å². The number of ether oxygens (including phenoxy) is 2. The second kappa shape index (κ2) is 8.66. The van der Waals surface area contributed by atoms with Gasteiger partial charge in [0.05, 0.1) is 26.2 Å². The molecular weight excluding hydrogens is 368 g/mol. The van der Waals surface area contributed by atoms with E-state index in [0.29, 0.717) is 45.0 Å². The minimum Gasteiger partial charge on any atom is -0.496 e. The van der Waals surface area contributed by atoms with Crippen LogP contribution in [0.5, 0.6) is 5.75 Å². The van der Waals surface area contributed by atoms with E-state index < -0.39 is 0 Å². The number of amides is 2. The van der Waals surface area contributed by atoms with Crippen LogP contribution in [0.3, 0.4) is 0 Å². The number of likely N-dealkylation sites (tertiary alicyclic amines) is 1. The van der Waals surface area contributed by atoms with Gasteiger partial charge in [-0.25, -0.2) is 0 Å². The van der Waals surface area contributed by atoms with Gasteiger partial charge in [-0.15, -0.1) is 0 Å². The van der Waals surface area contributed by atoms with Crippen LogP contribution in [0.25, 0.3) is 0 Å². The van der Waals surface area contributed by atoms with Gasteiger partial charge >= 0.3 is 0 Å². The van der Waals surface area contributed by atoms with Crippen molar-refractivity contribution >= 4 is 11.8 Å². The van der Waals surface area contributed by atoms with Gasteiger partial charge in [-0.3, -0.25) is 9.59 Å². The SMILES string of the molecule is COc1ccccc1[C@@H]1CN(C(=O)c2ccccc2)C[C@H]1C(=O)N1CCOCC1. The molecule has 0 radical (unpaired) electrons. The van der Waals surface area contributed by atoms with Gasteiger partial charge in [0.15, 0.2) is 0 Å². The molecule has 0 aromatic heterocycles. The Balaban J connectivity index is 1.64. The van der Waals surface area contributed by atoms with Crippen LogP contribution >= 0.6 is 0 Å². The lowest BCUT2D eigenvalue weighted by Gasteiger charge is -2.31. The molecule has 2 heterocycles. The van der Waals surface area contributed by atoms with Crippen LogP contribution in [0.1, 0.15) is 21.8 Å². The maximum Gasteiger partial charge on any atom is 0.253 e. The smallest absolute Gasteiger partial charge is 0.253 e. The van der Waals surface area contributed by atoms with Crippen molar-refractivity contribution in [2.24, 2.45) is 5.92 Å². The number of hydrogen-bond acceptors (Lipinski definition) is 4. The van der Waals surface area contributed by atoms with E-state index >= 15 is 0 Å². The lowest BCUT2D eigenvalue weighted by Crippen LogP contribution is -2.45. The third kappa shape index (κ3) is 3.98. The molecule has 0 N–H and O–H groups in total. The van der Waals surface area contributed by atoms with E-state index in [2.05, 4.69) is 0 Å².